The molecule has 19 heavy (non-hydrogen) atoms. The molecule has 1 aliphatic carbocycles. The zero-order valence-electron chi connectivity index (χ0n) is 13.3. The normalized spacial score (nSPS) is 9.53. The zero-order chi connectivity index (χ0) is 14.8. The Labute approximate surface area is 120 Å². The molecule has 0 aromatic heterocycles. The Kier molecular flexibility index (Phi) is 19.6. The molecule has 0 bridgehead atoms. The second-order valence-electron chi connectivity index (χ2n) is 3.83. The first-order valence-corrected chi connectivity index (χ1v) is 7.46. The van der Waals surface area contributed by atoms with Crippen LogP contribution in [0.5, 0.6) is 0 Å². The fourth-order valence-corrected chi connectivity index (χ4v) is 1.21. The first-order valence-electron chi connectivity index (χ1n) is 7.46. The Bertz CT molecular complexity index is 328. The molecule has 0 N–H and O–H groups in total. The lowest BCUT2D eigenvalue weighted by Crippen LogP contribution is -1.78. The molecule has 0 radical (unpaired) electrons. The minimum Gasteiger partial charge on any atom is -0.121 e. The number of hydrogen-bond donors (Lipinski definition) is 0. The molecular weight excluding hydrogens is 228 g/mol. The fraction of sp³-hybridized carbons (Fsp3) is 0.421. The van der Waals surface area contributed by atoms with Gasteiger partial charge in [0.2, 0.25) is 0 Å². The van der Waals surface area contributed by atoms with Gasteiger partial charge in [-0.25, -0.2) is 0 Å². The van der Waals surface area contributed by atoms with Crippen LogP contribution in [0.25, 0.3) is 0 Å². The quantitative estimate of drug-likeness (QED) is 0.542. The molecule has 106 valence electrons. The predicted octanol–water partition coefficient (Wildman–Crippen LogP) is 6.35. The molecule has 0 unspecified atom stereocenters. The Hall–Kier alpha value is -1.52. The highest BCUT2D eigenvalue weighted by atomic mass is 13.9. The highest BCUT2D eigenvalue weighted by molar-refractivity contribution is 5.17. The van der Waals surface area contributed by atoms with E-state index in [0.717, 1.165) is 0 Å². The van der Waals surface area contributed by atoms with Gasteiger partial charge in [0.05, 0.1) is 0 Å². The molecule has 2 rings (SSSR count). The molecule has 0 spiro atoms. The Morgan fingerprint density at radius 3 is 1.63 bits per heavy atom. The van der Waals surface area contributed by atoms with Crippen LogP contribution in [-0.2, 0) is 6.42 Å². The van der Waals surface area contributed by atoms with E-state index in [9.17, 15) is 0 Å². The SMILES string of the molecule is C1=CC=CC=1.CC.CCC.CCCc1ccccc1. The van der Waals surface area contributed by atoms with Crippen molar-refractivity contribution in [3.8, 4) is 0 Å². The number of hydrogen-bond acceptors (Lipinski definition) is 0. The molecule has 1 aromatic carbocycles. The minimum atomic E-state index is 1.21. The largest absolute Gasteiger partial charge is 0.121 e. The van der Waals surface area contributed by atoms with Crippen molar-refractivity contribution >= 4 is 0 Å². The van der Waals surface area contributed by atoms with Gasteiger partial charge in [0.25, 0.3) is 0 Å². The third-order valence-electron chi connectivity index (χ3n) is 1.88. The summed E-state index contributed by atoms with van der Waals surface area (Å²) < 4.78 is 0. The van der Waals surface area contributed by atoms with Crippen molar-refractivity contribution in [1.29, 1.82) is 0 Å². The first-order chi connectivity index (χ1) is 9.35. The van der Waals surface area contributed by atoms with Gasteiger partial charge in [-0.15, -0.1) is 5.73 Å². The van der Waals surface area contributed by atoms with Crippen LogP contribution in [0.2, 0.25) is 0 Å². The van der Waals surface area contributed by atoms with Gasteiger partial charge in [-0.05, 0) is 24.1 Å². The van der Waals surface area contributed by atoms with E-state index >= 15 is 0 Å². The summed E-state index contributed by atoms with van der Waals surface area (Å²) >= 11 is 0. The first kappa shape index (κ1) is 19.8. The fourth-order valence-electron chi connectivity index (χ4n) is 1.21. The number of allylic oxidation sites excluding steroid dienone is 3. The number of aryl methyl sites for hydroxylation is 1. The van der Waals surface area contributed by atoms with Crippen LogP contribution >= 0.6 is 0 Å². The molecule has 0 nitrogen and oxygen atoms in total. The van der Waals surface area contributed by atoms with E-state index in [1.807, 2.05) is 38.2 Å². The van der Waals surface area contributed by atoms with Gasteiger partial charge >= 0.3 is 0 Å². The molecule has 0 fully saturated rings. The second-order valence-corrected chi connectivity index (χ2v) is 3.83. The summed E-state index contributed by atoms with van der Waals surface area (Å²) in [5.74, 6) is 0. The third-order valence-corrected chi connectivity index (χ3v) is 1.88. The summed E-state index contributed by atoms with van der Waals surface area (Å²) in [5.41, 5.74) is 4.31. The molecule has 0 heteroatoms. The van der Waals surface area contributed by atoms with Crippen molar-refractivity contribution in [2.24, 2.45) is 0 Å². The van der Waals surface area contributed by atoms with Gasteiger partial charge in [-0.3, -0.25) is 0 Å². The van der Waals surface area contributed by atoms with Gasteiger partial charge in [0.1, 0.15) is 0 Å². The average Bonchev–Trinajstić information content (AvgIpc) is 3.03. The van der Waals surface area contributed by atoms with Gasteiger partial charge in [0.15, 0.2) is 0 Å². The van der Waals surface area contributed by atoms with Crippen molar-refractivity contribution in [3.63, 3.8) is 0 Å². The lowest BCUT2D eigenvalue weighted by atomic mass is 10.1. The lowest BCUT2D eigenvalue weighted by Gasteiger charge is -1.93. The highest BCUT2D eigenvalue weighted by Crippen LogP contribution is 2.00. The molecular formula is C19H30. The predicted molar refractivity (Wildman–Crippen MR) is 89.5 cm³/mol. The van der Waals surface area contributed by atoms with Crippen LogP contribution in [-0.4, -0.2) is 0 Å². The van der Waals surface area contributed by atoms with E-state index in [-0.39, 0.29) is 0 Å². The summed E-state index contributed by atoms with van der Waals surface area (Å²) in [7, 11) is 0. The van der Waals surface area contributed by atoms with E-state index in [1.165, 1.54) is 24.8 Å². The van der Waals surface area contributed by atoms with Gasteiger partial charge in [0, 0.05) is 0 Å². The van der Waals surface area contributed by atoms with Crippen molar-refractivity contribution in [3.05, 3.63) is 65.9 Å². The maximum Gasteiger partial charge on any atom is -0.0200 e. The number of rotatable bonds is 2. The maximum atomic E-state index is 2.86. The standard InChI is InChI=1S/C9H12.C5H4.C3H8.C2H6/c1-2-6-9-7-4-3-5-8-9;1-2-4-5-3-1;1-3-2;1-2/h3-5,7-8H,2,6H2,1H3;1-4H;3H2,1-2H3;1-2H3. The van der Waals surface area contributed by atoms with E-state index in [0.29, 0.717) is 0 Å². The summed E-state index contributed by atoms with van der Waals surface area (Å²) in [6.45, 7) is 10.5. The average molecular weight is 258 g/mol. The topological polar surface area (TPSA) is 0 Å². The van der Waals surface area contributed by atoms with Gasteiger partial charge in [-0.1, -0.05) is 89.9 Å². The van der Waals surface area contributed by atoms with Gasteiger partial charge in [-0.2, -0.15) is 0 Å². The zero-order valence-corrected chi connectivity index (χ0v) is 13.3. The van der Waals surface area contributed by atoms with Crippen molar-refractivity contribution in [2.75, 3.05) is 0 Å². The lowest BCUT2D eigenvalue weighted by molar-refractivity contribution is 0.922. The van der Waals surface area contributed by atoms with Gasteiger partial charge < -0.3 is 0 Å². The minimum absolute atomic E-state index is 1.21. The molecule has 1 aromatic rings. The molecule has 0 atom stereocenters. The summed E-state index contributed by atoms with van der Waals surface area (Å²) in [4.78, 5) is 0. The third kappa shape index (κ3) is 16.5. The maximum absolute atomic E-state index is 2.86. The highest BCUT2D eigenvalue weighted by Gasteiger charge is 1.84. The van der Waals surface area contributed by atoms with Crippen LogP contribution < -0.4 is 0 Å². The second kappa shape index (κ2) is 18.8. The van der Waals surface area contributed by atoms with Crippen molar-refractivity contribution in [1.82, 2.24) is 0 Å². The molecule has 0 heterocycles. The molecule has 1 aliphatic rings. The molecule has 0 aliphatic heterocycles. The van der Waals surface area contributed by atoms with E-state index < -0.39 is 0 Å². The van der Waals surface area contributed by atoms with Crippen molar-refractivity contribution < 1.29 is 0 Å². The van der Waals surface area contributed by atoms with Crippen LogP contribution in [0.3, 0.4) is 0 Å². The number of benzene rings is 1. The molecule has 0 saturated carbocycles. The molecule has 0 saturated heterocycles. The summed E-state index contributed by atoms with van der Waals surface area (Å²) in [5, 5.41) is 0. The van der Waals surface area contributed by atoms with E-state index in [4.69, 9.17) is 0 Å². The van der Waals surface area contributed by atoms with Crippen molar-refractivity contribution in [2.45, 2.75) is 53.9 Å². The Morgan fingerprint density at radius 1 is 0.842 bits per heavy atom. The van der Waals surface area contributed by atoms with E-state index in [2.05, 4.69) is 56.8 Å². The van der Waals surface area contributed by atoms with Crippen LogP contribution in [0.15, 0.2) is 60.4 Å². The van der Waals surface area contributed by atoms with Crippen LogP contribution in [0.1, 0.15) is 53.0 Å². The summed E-state index contributed by atoms with van der Waals surface area (Å²) in [6.07, 6.45) is 11.3. The summed E-state index contributed by atoms with van der Waals surface area (Å²) in [6, 6.07) is 10.6. The smallest absolute Gasteiger partial charge is 0.0200 e. The Balaban J connectivity index is 0. The monoisotopic (exact) mass is 258 g/mol. The van der Waals surface area contributed by atoms with Crippen LogP contribution in [0, 0.1) is 0 Å². The van der Waals surface area contributed by atoms with Crippen LogP contribution in [0.4, 0.5) is 0 Å². The van der Waals surface area contributed by atoms with E-state index in [1.54, 1.807) is 0 Å². The Morgan fingerprint density at radius 2 is 1.32 bits per heavy atom. The molecule has 0 amide bonds.